The summed E-state index contributed by atoms with van der Waals surface area (Å²) in [6.45, 7) is 2.27. The van der Waals surface area contributed by atoms with Gasteiger partial charge >= 0.3 is 6.18 Å². The zero-order valence-electron chi connectivity index (χ0n) is 13.3. The van der Waals surface area contributed by atoms with Gasteiger partial charge in [0, 0.05) is 12.5 Å². The zero-order chi connectivity index (χ0) is 16.9. The first kappa shape index (κ1) is 17.8. The number of benzene rings is 1. The van der Waals surface area contributed by atoms with Gasteiger partial charge in [0.25, 0.3) is 0 Å². The van der Waals surface area contributed by atoms with E-state index in [2.05, 4.69) is 5.32 Å². The molecule has 0 unspecified atom stereocenters. The third-order valence-corrected chi connectivity index (χ3v) is 4.16. The van der Waals surface area contributed by atoms with E-state index in [0.717, 1.165) is 16.0 Å². The van der Waals surface area contributed by atoms with Gasteiger partial charge in [0.15, 0.2) is 0 Å². The summed E-state index contributed by atoms with van der Waals surface area (Å²) in [6.07, 6.45) is -2.71. The average Bonchev–Trinajstić information content (AvgIpc) is 2.52. The van der Waals surface area contributed by atoms with Gasteiger partial charge < -0.3 is 10.2 Å². The standard InChI is InChI=1S/C17H23F3N2O/c1-13-2-4-14(5-3-13)8-11-22(12-17(18,19)20)16(23)15-6-9-21-10-7-15/h2-5,15,21H,6-12H2,1H3. The molecule has 1 aromatic rings. The predicted octanol–water partition coefficient (Wildman–Crippen LogP) is 2.93. The number of carbonyl (C=O) groups excluding carboxylic acids is 1. The maximum atomic E-state index is 12.8. The van der Waals surface area contributed by atoms with Crippen LogP contribution in [0.3, 0.4) is 0 Å². The SMILES string of the molecule is Cc1ccc(CCN(CC(F)(F)F)C(=O)C2CCNCC2)cc1. The van der Waals surface area contributed by atoms with E-state index in [4.69, 9.17) is 0 Å². The summed E-state index contributed by atoms with van der Waals surface area (Å²) in [5.74, 6) is -0.660. The van der Waals surface area contributed by atoms with E-state index < -0.39 is 12.7 Å². The Hall–Kier alpha value is -1.56. The van der Waals surface area contributed by atoms with Gasteiger partial charge in [-0.25, -0.2) is 0 Å². The van der Waals surface area contributed by atoms with Crippen LogP contribution in [0.15, 0.2) is 24.3 Å². The smallest absolute Gasteiger partial charge is 0.333 e. The van der Waals surface area contributed by atoms with Crippen LogP contribution in [0.4, 0.5) is 13.2 Å². The molecule has 1 N–H and O–H groups in total. The maximum Gasteiger partial charge on any atom is 0.406 e. The van der Waals surface area contributed by atoms with Gasteiger partial charge in [-0.3, -0.25) is 4.79 Å². The number of hydrogen-bond acceptors (Lipinski definition) is 2. The summed E-state index contributed by atoms with van der Waals surface area (Å²) in [5, 5.41) is 3.13. The molecule has 2 rings (SSSR count). The number of nitrogens with zero attached hydrogens (tertiary/aromatic N) is 1. The molecule has 23 heavy (non-hydrogen) atoms. The first-order valence-electron chi connectivity index (χ1n) is 7.97. The average molecular weight is 328 g/mol. The molecule has 6 heteroatoms. The van der Waals surface area contributed by atoms with E-state index in [-0.39, 0.29) is 18.4 Å². The molecule has 0 spiro atoms. The van der Waals surface area contributed by atoms with Crippen molar-refractivity contribution in [3.8, 4) is 0 Å². The van der Waals surface area contributed by atoms with Crippen molar-refractivity contribution in [1.82, 2.24) is 10.2 Å². The normalized spacial score (nSPS) is 16.3. The van der Waals surface area contributed by atoms with Crippen LogP contribution in [0.25, 0.3) is 0 Å². The fourth-order valence-corrected chi connectivity index (χ4v) is 2.83. The van der Waals surface area contributed by atoms with Gasteiger partial charge in [0.1, 0.15) is 6.54 Å². The molecule has 0 aromatic heterocycles. The lowest BCUT2D eigenvalue weighted by atomic mass is 9.96. The quantitative estimate of drug-likeness (QED) is 0.901. The molecule has 0 atom stereocenters. The second-order valence-corrected chi connectivity index (χ2v) is 6.13. The Balaban J connectivity index is 2.00. The summed E-state index contributed by atoms with van der Waals surface area (Å²) in [4.78, 5) is 13.4. The predicted molar refractivity (Wildman–Crippen MR) is 83.1 cm³/mol. The van der Waals surface area contributed by atoms with Gasteiger partial charge in [0.2, 0.25) is 5.91 Å². The van der Waals surface area contributed by atoms with Crippen molar-refractivity contribution in [3.63, 3.8) is 0 Å². The Bertz CT molecular complexity index is 508. The van der Waals surface area contributed by atoms with E-state index in [1.165, 1.54) is 0 Å². The van der Waals surface area contributed by atoms with Crippen LogP contribution in [-0.2, 0) is 11.2 Å². The molecule has 1 aliphatic heterocycles. The third kappa shape index (κ3) is 5.86. The molecule has 1 saturated heterocycles. The molecule has 1 heterocycles. The summed E-state index contributed by atoms with van der Waals surface area (Å²) < 4.78 is 38.4. The highest BCUT2D eigenvalue weighted by atomic mass is 19.4. The molecule has 1 aliphatic rings. The summed E-state index contributed by atoms with van der Waals surface area (Å²) >= 11 is 0. The van der Waals surface area contributed by atoms with E-state index in [1.54, 1.807) is 0 Å². The molecule has 0 bridgehead atoms. The van der Waals surface area contributed by atoms with Crippen LogP contribution < -0.4 is 5.32 Å². The Labute approximate surface area is 134 Å². The number of nitrogens with one attached hydrogen (secondary N) is 1. The molecular formula is C17H23F3N2O. The number of halogens is 3. The fraction of sp³-hybridized carbons (Fsp3) is 0.588. The minimum absolute atomic E-state index is 0.103. The highest BCUT2D eigenvalue weighted by molar-refractivity contribution is 5.79. The number of piperidine rings is 1. The van der Waals surface area contributed by atoms with Crippen LogP contribution in [0, 0.1) is 12.8 Å². The molecular weight excluding hydrogens is 305 g/mol. The lowest BCUT2D eigenvalue weighted by Gasteiger charge is -2.30. The van der Waals surface area contributed by atoms with Crippen LogP contribution >= 0.6 is 0 Å². The van der Waals surface area contributed by atoms with Crippen molar-refractivity contribution in [3.05, 3.63) is 35.4 Å². The fourth-order valence-electron chi connectivity index (χ4n) is 2.83. The van der Waals surface area contributed by atoms with Crippen LogP contribution in [0.1, 0.15) is 24.0 Å². The third-order valence-electron chi connectivity index (χ3n) is 4.16. The first-order chi connectivity index (χ1) is 10.8. The Morgan fingerprint density at radius 1 is 1.22 bits per heavy atom. The second kappa shape index (κ2) is 7.81. The van der Waals surface area contributed by atoms with Gasteiger partial charge in [0.05, 0.1) is 0 Å². The number of amides is 1. The first-order valence-corrected chi connectivity index (χ1v) is 7.97. The van der Waals surface area contributed by atoms with Crippen LogP contribution in [0.5, 0.6) is 0 Å². The largest absolute Gasteiger partial charge is 0.406 e. The van der Waals surface area contributed by atoms with E-state index >= 15 is 0 Å². The molecule has 0 saturated carbocycles. The lowest BCUT2D eigenvalue weighted by Crippen LogP contribution is -2.45. The van der Waals surface area contributed by atoms with Gasteiger partial charge in [-0.1, -0.05) is 29.8 Å². The van der Waals surface area contributed by atoms with E-state index in [9.17, 15) is 18.0 Å². The number of aryl methyl sites for hydroxylation is 1. The van der Waals surface area contributed by atoms with E-state index in [1.807, 2.05) is 31.2 Å². The van der Waals surface area contributed by atoms with Crippen molar-refractivity contribution in [1.29, 1.82) is 0 Å². The van der Waals surface area contributed by atoms with Crippen molar-refractivity contribution < 1.29 is 18.0 Å². The summed E-state index contributed by atoms with van der Waals surface area (Å²) in [6, 6.07) is 7.66. The molecule has 0 aliphatic carbocycles. The summed E-state index contributed by atoms with van der Waals surface area (Å²) in [5.41, 5.74) is 2.05. The van der Waals surface area contributed by atoms with Gasteiger partial charge in [-0.05, 0) is 44.8 Å². The molecule has 128 valence electrons. The van der Waals surface area contributed by atoms with Gasteiger partial charge in [-0.2, -0.15) is 13.2 Å². The van der Waals surface area contributed by atoms with E-state index in [0.29, 0.717) is 32.4 Å². The number of alkyl halides is 3. The van der Waals surface area contributed by atoms with Crippen molar-refractivity contribution in [2.45, 2.75) is 32.4 Å². The Kier molecular flexibility index (Phi) is 6.04. The molecule has 1 amide bonds. The highest BCUT2D eigenvalue weighted by Gasteiger charge is 2.35. The second-order valence-electron chi connectivity index (χ2n) is 6.13. The lowest BCUT2D eigenvalue weighted by molar-refractivity contribution is -0.164. The topological polar surface area (TPSA) is 32.3 Å². The zero-order valence-corrected chi connectivity index (χ0v) is 13.3. The Morgan fingerprint density at radius 3 is 2.39 bits per heavy atom. The number of carbonyl (C=O) groups is 1. The van der Waals surface area contributed by atoms with Crippen molar-refractivity contribution >= 4 is 5.91 Å². The molecule has 1 fully saturated rings. The molecule has 1 aromatic carbocycles. The van der Waals surface area contributed by atoms with Crippen molar-refractivity contribution in [2.75, 3.05) is 26.2 Å². The van der Waals surface area contributed by atoms with Crippen molar-refractivity contribution in [2.24, 2.45) is 5.92 Å². The maximum absolute atomic E-state index is 12.8. The number of rotatable bonds is 5. The van der Waals surface area contributed by atoms with Crippen LogP contribution in [-0.4, -0.2) is 43.2 Å². The highest BCUT2D eigenvalue weighted by Crippen LogP contribution is 2.21. The summed E-state index contributed by atoms with van der Waals surface area (Å²) in [7, 11) is 0. The molecule has 3 nitrogen and oxygen atoms in total. The molecule has 0 radical (unpaired) electrons. The van der Waals surface area contributed by atoms with Gasteiger partial charge in [-0.15, -0.1) is 0 Å². The van der Waals surface area contributed by atoms with Crippen LogP contribution in [0.2, 0.25) is 0 Å². The monoisotopic (exact) mass is 328 g/mol. The number of hydrogen-bond donors (Lipinski definition) is 1. The Morgan fingerprint density at radius 2 is 1.83 bits per heavy atom. The minimum atomic E-state index is -4.37. The minimum Gasteiger partial charge on any atom is -0.333 e.